The molecule has 1 aromatic carbocycles. The van der Waals surface area contributed by atoms with Crippen molar-refractivity contribution in [1.29, 1.82) is 0 Å². The van der Waals surface area contributed by atoms with Crippen LogP contribution >= 0.6 is 23.2 Å². The van der Waals surface area contributed by atoms with Gasteiger partial charge in [0.1, 0.15) is 0 Å². The third-order valence-corrected chi connectivity index (χ3v) is 4.35. The van der Waals surface area contributed by atoms with Gasteiger partial charge in [-0.1, -0.05) is 37.0 Å². The molecule has 4 heteroatoms. The van der Waals surface area contributed by atoms with Gasteiger partial charge in [0.2, 0.25) is 0 Å². The lowest BCUT2D eigenvalue weighted by molar-refractivity contribution is 0.588. The molecule has 1 N–H and O–H groups in total. The van der Waals surface area contributed by atoms with Crippen LogP contribution in [0.25, 0.3) is 10.9 Å². The van der Waals surface area contributed by atoms with Crippen molar-refractivity contribution in [1.82, 2.24) is 10.3 Å². The number of halogens is 2. The van der Waals surface area contributed by atoms with Crippen molar-refractivity contribution in [2.45, 2.75) is 45.7 Å². The highest BCUT2D eigenvalue weighted by atomic mass is 35.5. The van der Waals surface area contributed by atoms with Crippen molar-refractivity contribution in [3.63, 3.8) is 0 Å². The molecule has 0 saturated heterocycles. The van der Waals surface area contributed by atoms with Gasteiger partial charge in [0.25, 0.3) is 0 Å². The molecule has 2 aromatic rings. The first-order valence-electron chi connectivity index (χ1n) is 7.09. The summed E-state index contributed by atoms with van der Waals surface area (Å²) in [5.41, 5.74) is 4.81. The van der Waals surface area contributed by atoms with E-state index in [0.717, 1.165) is 30.3 Å². The molecule has 0 spiro atoms. The van der Waals surface area contributed by atoms with Gasteiger partial charge in [-0.05, 0) is 42.5 Å². The predicted octanol–water partition coefficient (Wildman–Crippen LogP) is 4.53. The lowest BCUT2D eigenvalue weighted by atomic mass is 10.0. The van der Waals surface area contributed by atoms with E-state index in [2.05, 4.69) is 19.2 Å². The van der Waals surface area contributed by atoms with Gasteiger partial charge in [-0.15, -0.1) is 0 Å². The Morgan fingerprint density at radius 2 is 2.05 bits per heavy atom. The predicted molar refractivity (Wildman–Crippen MR) is 85.8 cm³/mol. The van der Waals surface area contributed by atoms with Crippen LogP contribution in [0.3, 0.4) is 0 Å². The molecule has 0 atom stereocenters. The molecular weight excluding hydrogens is 291 g/mol. The Hall–Kier alpha value is -0.830. The van der Waals surface area contributed by atoms with Crippen molar-refractivity contribution in [2.24, 2.45) is 0 Å². The second kappa shape index (κ2) is 5.51. The molecule has 1 aromatic heterocycles. The number of nitrogens with one attached hydrogen (secondary N) is 1. The number of pyridine rings is 1. The summed E-state index contributed by atoms with van der Waals surface area (Å²) in [6.45, 7) is 5.16. The van der Waals surface area contributed by atoms with E-state index in [4.69, 9.17) is 28.2 Å². The largest absolute Gasteiger partial charge is 0.310 e. The van der Waals surface area contributed by atoms with Crippen molar-refractivity contribution < 1.29 is 0 Å². The summed E-state index contributed by atoms with van der Waals surface area (Å²) >= 11 is 12.5. The maximum atomic E-state index is 6.33. The van der Waals surface area contributed by atoms with Gasteiger partial charge in [-0.2, -0.15) is 0 Å². The van der Waals surface area contributed by atoms with Crippen LogP contribution < -0.4 is 5.32 Å². The zero-order valence-electron chi connectivity index (χ0n) is 11.8. The van der Waals surface area contributed by atoms with Crippen LogP contribution in [0.2, 0.25) is 10.0 Å². The van der Waals surface area contributed by atoms with Crippen LogP contribution in [-0.2, 0) is 19.4 Å². The lowest BCUT2D eigenvalue weighted by Gasteiger charge is -2.16. The average Bonchev–Trinajstić information content (AvgIpc) is 2.83. The van der Waals surface area contributed by atoms with E-state index in [9.17, 15) is 0 Å². The van der Waals surface area contributed by atoms with Crippen LogP contribution in [0.5, 0.6) is 0 Å². The SMILES string of the molecule is CC(C)NCc1c2c(nc3c(Cl)cc(Cl)cc13)CCC2. The number of nitrogens with zero attached hydrogens (tertiary/aromatic N) is 1. The molecule has 0 bridgehead atoms. The van der Waals surface area contributed by atoms with Gasteiger partial charge in [0.05, 0.1) is 10.5 Å². The van der Waals surface area contributed by atoms with Crippen LogP contribution in [0.4, 0.5) is 0 Å². The molecule has 20 heavy (non-hydrogen) atoms. The fourth-order valence-electron chi connectivity index (χ4n) is 2.89. The smallest absolute Gasteiger partial charge is 0.0895 e. The molecule has 1 heterocycles. The standard InChI is InChI=1S/C16H18Cl2N2/c1-9(2)19-8-13-11-4-3-5-15(11)20-16-12(13)6-10(17)7-14(16)18/h6-7,9,19H,3-5,8H2,1-2H3. The Labute approximate surface area is 129 Å². The number of hydrogen-bond acceptors (Lipinski definition) is 2. The summed E-state index contributed by atoms with van der Waals surface area (Å²) in [6, 6.07) is 4.22. The molecule has 0 saturated carbocycles. The summed E-state index contributed by atoms with van der Waals surface area (Å²) in [7, 11) is 0. The summed E-state index contributed by atoms with van der Waals surface area (Å²) in [5, 5.41) is 5.92. The maximum absolute atomic E-state index is 6.33. The highest BCUT2D eigenvalue weighted by Crippen LogP contribution is 2.34. The molecule has 1 aliphatic carbocycles. The lowest BCUT2D eigenvalue weighted by Crippen LogP contribution is -2.23. The number of fused-ring (bicyclic) bond motifs is 2. The summed E-state index contributed by atoms with van der Waals surface area (Å²) in [4.78, 5) is 4.77. The molecule has 3 rings (SSSR count). The van der Waals surface area contributed by atoms with Crippen LogP contribution in [0.15, 0.2) is 12.1 Å². The fourth-order valence-corrected chi connectivity index (χ4v) is 3.43. The Morgan fingerprint density at radius 3 is 2.80 bits per heavy atom. The Bertz CT molecular complexity index is 665. The monoisotopic (exact) mass is 308 g/mol. The Kier molecular flexibility index (Phi) is 3.89. The third-order valence-electron chi connectivity index (χ3n) is 3.84. The number of hydrogen-bond donors (Lipinski definition) is 1. The number of benzene rings is 1. The fraction of sp³-hybridized carbons (Fsp3) is 0.438. The van der Waals surface area contributed by atoms with Gasteiger partial charge in [-0.25, -0.2) is 0 Å². The van der Waals surface area contributed by atoms with Gasteiger partial charge in [0.15, 0.2) is 0 Å². The van der Waals surface area contributed by atoms with E-state index in [1.54, 1.807) is 6.07 Å². The van der Waals surface area contributed by atoms with Gasteiger partial charge in [-0.3, -0.25) is 4.98 Å². The number of aromatic nitrogens is 1. The molecule has 0 unspecified atom stereocenters. The maximum Gasteiger partial charge on any atom is 0.0895 e. The molecule has 0 radical (unpaired) electrons. The van der Waals surface area contributed by atoms with Gasteiger partial charge < -0.3 is 5.32 Å². The summed E-state index contributed by atoms with van der Waals surface area (Å²) in [6.07, 6.45) is 3.34. The molecule has 0 amide bonds. The molecule has 0 fully saturated rings. The molecule has 106 valence electrons. The van der Waals surface area contributed by atoms with Crippen LogP contribution in [-0.4, -0.2) is 11.0 Å². The van der Waals surface area contributed by atoms with Crippen molar-refractivity contribution in [3.05, 3.63) is 39.0 Å². The second-order valence-electron chi connectivity index (χ2n) is 5.69. The van der Waals surface area contributed by atoms with E-state index in [-0.39, 0.29) is 0 Å². The first-order valence-corrected chi connectivity index (χ1v) is 7.84. The van der Waals surface area contributed by atoms with E-state index < -0.39 is 0 Å². The summed E-state index contributed by atoms with van der Waals surface area (Å²) < 4.78 is 0. The normalized spacial score (nSPS) is 14.2. The van der Waals surface area contributed by atoms with Gasteiger partial charge >= 0.3 is 0 Å². The average molecular weight is 309 g/mol. The first kappa shape index (κ1) is 14.1. The molecule has 0 aliphatic heterocycles. The molecular formula is C16H18Cl2N2. The van der Waals surface area contributed by atoms with E-state index in [1.807, 2.05) is 6.07 Å². The van der Waals surface area contributed by atoms with E-state index in [0.29, 0.717) is 16.1 Å². The number of rotatable bonds is 3. The van der Waals surface area contributed by atoms with E-state index in [1.165, 1.54) is 23.2 Å². The first-order chi connectivity index (χ1) is 9.56. The van der Waals surface area contributed by atoms with Crippen molar-refractivity contribution in [3.8, 4) is 0 Å². The number of aryl methyl sites for hydroxylation is 1. The minimum absolute atomic E-state index is 0.449. The Balaban J connectivity index is 2.22. The minimum atomic E-state index is 0.449. The van der Waals surface area contributed by atoms with Crippen molar-refractivity contribution >= 4 is 34.1 Å². The highest BCUT2D eigenvalue weighted by Gasteiger charge is 2.20. The molecule has 1 aliphatic rings. The highest BCUT2D eigenvalue weighted by molar-refractivity contribution is 6.38. The second-order valence-corrected chi connectivity index (χ2v) is 6.53. The third kappa shape index (κ3) is 2.52. The van der Waals surface area contributed by atoms with E-state index >= 15 is 0 Å². The van der Waals surface area contributed by atoms with Crippen LogP contribution in [0, 0.1) is 0 Å². The van der Waals surface area contributed by atoms with Crippen LogP contribution in [0.1, 0.15) is 37.1 Å². The zero-order chi connectivity index (χ0) is 14.3. The topological polar surface area (TPSA) is 24.9 Å². The van der Waals surface area contributed by atoms with Crippen molar-refractivity contribution in [2.75, 3.05) is 0 Å². The zero-order valence-corrected chi connectivity index (χ0v) is 13.3. The summed E-state index contributed by atoms with van der Waals surface area (Å²) in [5.74, 6) is 0. The molecule has 2 nitrogen and oxygen atoms in total. The van der Waals surface area contributed by atoms with Gasteiger partial charge in [0, 0.05) is 28.7 Å². The Morgan fingerprint density at radius 1 is 1.25 bits per heavy atom. The quantitative estimate of drug-likeness (QED) is 0.901. The minimum Gasteiger partial charge on any atom is -0.310 e.